The topological polar surface area (TPSA) is 41.1 Å². The number of halogens is 2. The van der Waals surface area contributed by atoms with E-state index in [0.29, 0.717) is 10.7 Å². The Bertz CT molecular complexity index is 611. The van der Waals surface area contributed by atoms with Crippen molar-refractivity contribution in [3.63, 3.8) is 0 Å². The van der Waals surface area contributed by atoms with Gasteiger partial charge in [0.2, 0.25) is 5.91 Å². The maximum atomic E-state index is 11.8. The molecule has 0 fully saturated rings. The Morgan fingerprint density at radius 3 is 2.70 bits per heavy atom. The highest BCUT2D eigenvalue weighted by Crippen LogP contribution is 2.19. The van der Waals surface area contributed by atoms with Crippen molar-refractivity contribution in [3.05, 3.63) is 57.5 Å². The molecular formula is C15H14BrClN2O. The maximum Gasteiger partial charge on any atom is 0.243 e. The van der Waals surface area contributed by atoms with Crippen molar-refractivity contribution >= 4 is 44.8 Å². The molecule has 0 heterocycles. The molecule has 0 unspecified atom stereocenters. The van der Waals surface area contributed by atoms with Crippen molar-refractivity contribution in [2.45, 2.75) is 6.92 Å². The van der Waals surface area contributed by atoms with E-state index in [9.17, 15) is 4.79 Å². The second kappa shape index (κ2) is 6.77. The standard InChI is InChI=1S/C15H14BrClN2O/c1-10-5-11(16)7-14(6-10)18-9-15(20)19-13-4-2-3-12(17)8-13/h2-8,18H,9H2,1H3,(H,19,20). The molecule has 0 radical (unpaired) electrons. The Kier molecular flexibility index (Phi) is 5.04. The van der Waals surface area contributed by atoms with Crippen molar-refractivity contribution in [2.24, 2.45) is 0 Å². The summed E-state index contributed by atoms with van der Waals surface area (Å²) in [5.41, 5.74) is 2.71. The predicted octanol–water partition coefficient (Wildman–Crippen LogP) is 4.46. The van der Waals surface area contributed by atoms with Crippen LogP contribution in [0.5, 0.6) is 0 Å². The molecule has 2 N–H and O–H groups in total. The first-order chi connectivity index (χ1) is 9.52. The van der Waals surface area contributed by atoms with Crippen LogP contribution in [0.4, 0.5) is 11.4 Å². The Morgan fingerprint density at radius 2 is 2.00 bits per heavy atom. The third-order valence-electron chi connectivity index (χ3n) is 2.60. The molecule has 0 aromatic heterocycles. The molecule has 0 aliphatic carbocycles. The fraction of sp³-hybridized carbons (Fsp3) is 0.133. The molecule has 2 rings (SSSR count). The van der Waals surface area contributed by atoms with Crippen molar-refractivity contribution in [1.29, 1.82) is 0 Å². The number of benzene rings is 2. The first-order valence-corrected chi connectivity index (χ1v) is 7.26. The van der Waals surface area contributed by atoms with E-state index in [1.54, 1.807) is 24.3 Å². The highest BCUT2D eigenvalue weighted by atomic mass is 79.9. The smallest absolute Gasteiger partial charge is 0.243 e. The van der Waals surface area contributed by atoms with E-state index in [-0.39, 0.29) is 12.5 Å². The van der Waals surface area contributed by atoms with Gasteiger partial charge in [-0.05, 0) is 48.9 Å². The first kappa shape index (κ1) is 14.9. The van der Waals surface area contributed by atoms with Gasteiger partial charge in [0.25, 0.3) is 0 Å². The number of carbonyl (C=O) groups excluding carboxylic acids is 1. The number of anilines is 2. The van der Waals surface area contributed by atoms with Gasteiger partial charge in [-0.3, -0.25) is 4.79 Å². The Balaban J connectivity index is 1.92. The molecule has 0 aliphatic rings. The Morgan fingerprint density at radius 1 is 1.20 bits per heavy atom. The van der Waals surface area contributed by atoms with Gasteiger partial charge in [0, 0.05) is 20.9 Å². The molecule has 2 aromatic carbocycles. The lowest BCUT2D eigenvalue weighted by molar-refractivity contribution is -0.114. The highest BCUT2D eigenvalue weighted by Gasteiger charge is 2.03. The molecular weight excluding hydrogens is 340 g/mol. The zero-order chi connectivity index (χ0) is 14.5. The SMILES string of the molecule is Cc1cc(Br)cc(NCC(=O)Nc2cccc(Cl)c2)c1. The second-order valence-corrected chi connectivity index (χ2v) is 5.78. The van der Waals surface area contributed by atoms with E-state index in [4.69, 9.17) is 11.6 Å². The number of rotatable bonds is 4. The lowest BCUT2D eigenvalue weighted by Gasteiger charge is -2.09. The van der Waals surface area contributed by atoms with Crippen molar-refractivity contribution in [1.82, 2.24) is 0 Å². The second-order valence-electron chi connectivity index (χ2n) is 4.43. The van der Waals surface area contributed by atoms with Gasteiger partial charge in [-0.15, -0.1) is 0 Å². The number of amides is 1. The van der Waals surface area contributed by atoms with Crippen LogP contribution in [0.25, 0.3) is 0 Å². The van der Waals surface area contributed by atoms with Crippen molar-refractivity contribution < 1.29 is 4.79 Å². The summed E-state index contributed by atoms with van der Waals surface area (Å²) >= 11 is 9.29. The van der Waals surface area contributed by atoms with Gasteiger partial charge in [-0.25, -0.2) is 0 Å². The fourth-order valence-corrected chi connectivity index (χ4v) is 2.59. The fourth-order valence-electron chi connectivity index (χ4n) is 1.79. The maximum absolute atomic E-state index is 11.8. The van der Waals surface area contributed by atoms with Crippen molar-refractivity contribution in [3.8, 4) is 0 Å². The quantitative estimate of drug-likeness (QED) is 0.852. The molecule has 0 atom stereocenters. The van der Waals surface area contributed by atoms with Gasteiger partial charge in [0.1, 0.15) is 0 Å². The number of aryl methyl sites for hydroxylation is 1. The Hall–Kier alpha value is -1.52. The van der Waals surface area contributed by atoms with Crippen LogP contribution < -0.4 is 10.6 Å². The van der Waals surface area contributed by atoms with E-state index in [2.05, 4.69) is 26.6 Å². The van der Waals surface area contributed by atoms with Crippen LogP contribution >= 0.6 is 27.5 Å². The first-order valence-electron chi connectivity index (χ1n) is 6.09. The van der Waals surface area contributed by atoms with Gasteiger partial charge in [-0.2, -0.15) is 0 Å². The van der Waals surface area contributed by atoms with Crippen LogP contribution in [0, 0.1) is 6.92 Å². The summed E-state index contributed by atoms with van der Waals surface area (Å²) in [7, 11) is 0. The minimum atomic E-state index is -0.120. The zero-order valence-corrected chi connectivity index (χ0v) is 13.3. The van der Waals surface area contributed by atoms with Crippen LogP contribution in [0.3, 0.4) is 0 Å². The molecule has 0 spiro atoms. The lowest BCUT2D eigenvalue weighted by Crippen LogP contribution is -2.21. The van der Waals surface area contributed by atoms with Crippen molar-refractivity contribution in [2.75, 3.05) is 17.2 Å². The summed E-state index contributed by atoms with van der Waals surface area (Å²) in [6, 6.07) is 13.0. The summed E-state index contributed by atoms with van der Waals surface area (Å²) in [5.74, 6) is -0.120. The molecule has 0 bridgehead atoms. The molecule has 3 nitrogen and oxygen atoms in total. The molecule has 0 aliphatic heterocycles. The average Bonchev–Trinajstić information content (AvgIpc) is 2.35. The van der Waals surface area contributed by atoms with Gasteiger partial charge >= 0.3 is 0 Å². The van der Waals surface area contributed by atoms with E-state index in [0.717, 1.165) is 15.7 Å². The lowest BCUT2D eigenvalue weighted by atomic mass is 10.2. The molecule has 1 amide bonds. The summed E-state index contributed by atoms with van der Waals surface area (Å²) in [4.78, 5) is 11.8. The molecule has 0 saturated carbocycles. The molecule has 2 aromatic rings. The van der Waals surface area contributed by atoms with Crippen LogP contribution in [-0.4, -0.2) is 12.5 Å². The third-order valence-corrected chi connectivity index (χ3v) is 3.30. The van der Waals surface area contributed by atoms with Gasteiger partial charge in [0.05, 0.1) is 6.54 Å². The number of carbonyl (C=O) groups is 1. The van der Waals surface area contributed by atoms with E-state index >= 15 is 0 Å². The molecule has 5 heteroatoms. The minimum Gasteiger partial charge on any atom is -0.376 e. The number of hydrogen-bond acceptors (Lipinski definition) is 2. The Labute approximate surface area is 131 Å². The van der Waals surface area contributed by atoms with E-state index in [1.165, 1.54) is 0 Å². The van der Waals surface area contributed by atoms with Crippen LogP contribution in [0.2, 0.25) is 5.02 Å². The van der Waals surface area contributed by atoms with Crippen LogP contribution in [0.1, 0.15) is 5.56 Å². The highest BCUT2D eigenvalue weighted by molar-refractivity contribution is 9.10. The third kappa shape index (κ3) is 4.54. The predicted molar refractivity (Wildman–Crippen MR) is 87.5 cm³/mol. The van der Waals surface area contributed by atoms with Gasteiger partial charge in [0.15, 0.2) is 0 Å². The monoisotopic (exact) mass is 352 g/mol. The van der Waals surface area contributed by atoms with Crippen LogP contribution in [-0.2, 0) is 4.79 Å². The van der Waals surface area contributed by atoms with Gasteiger partial charge in [-0.1, -0.05) is 33.6 Å². The van der Waals surface area contributed by atoms with E-state index in [1.807, 2.05) is 25.1 Å². The summed E-state index contributed by atoms with van der Waals surface area (Å²) in [5, 5.41) is 6.47. The summed E-state index contributed by atoms with van der Waals surface area (Å²) in [6.45, 7) is 2.20. The van der Waals surface area contributed by atoms with Crippen LogP contribution in [0.15, 0.2) is 46.9 Å². The summed E-state index contributed by atoms with van der Waals surface area (Å²) in [6.07, 6.45) is 0. The largest absolute Gasteiger partial charge is 0.376 e. The molecule has 0 saturated heterocycles. The zero-order valence-electron chi connectivity index (χ0n) is 10.9. The summed E-state index contributed by atoms with van der Waals surface area (Å²) < 4.78 is 0.982. The molecule has 104 valence electrons. The normalized spacial score (nSPS) is 10.2. The number of hydrogen-bond donors (Lipinski definition) is 2. The van der Waals surface area contributed by atoms with E-state index < -0.39 is 0 Å². The molecule has 20 heavy (non-hydrogen) atoms. The average molecular weight is 354 g/mol. The number of nitrogens with one attached hydrogen (secondary N) is 2. The minimum absolute atomic E-state index is 0.120. The van der Waals surface area contributed by atoms with Gasteiger partial charge < -0.3 is 10.6 Å².